The first-order chi connectivity index (χ1) is 10.1. The summed E-state index contributed by atoms with van der Waals surface area (Å²) in [5.41, 5.74) is 8.20. The second kappa shape index (κ2) is 7.04. The second-order valence-corrected chi connectivity index (χ2v) is 5.08. The zero-order valence-corrected chi connectivity index (χ0v) is 12.0. The molecule has 1 aromatic rings. The minimum atomic E-state index is -0.671. The van der Waals surface area contributed by atoms with Gasteiger partial charge in [-0.3, -0.25) is 9.59 Å². The molecule has 2 N–H and O–H groups in total. The molecule has 0 radical (unpaired) electrons. The van der Waals surface area contributed by atoms with Crippen LogP contribution in [0.15, 0.2) is 36.9 Å². The maximum Gasteiger partial charge on any atom is 0.306 e. The lowest BCUT2D eigenvalue weighted by Gasteiger charge is -2.20. The van der Waals surface area contributed by atoms with E-state index < -0.39 is 6.04 Å². The summed E-state index contributed by atoms with van der Waals surface area (Å²) in [5.74, 6) is -0.481. The van der Waals surface area contributed by atoms with E-state index in [0.717, 1.165) is 11.1 Å². The van der Waals surface area contributed by atoms with E-state index in [9.17, 15) is 9.59 Å². The van der Waals surface area contributed by atoms with Crippen molar-refractivity contribution >= 4 is 11.9 Å². The molecule has 0 saturated heterocycles. The van der Waals surface area contributed by atoms with Gasteiger partial charge >= 0.3 is 5.97 Å². The summed E-state index contributed by atoms with van der Waals surface area (Å²) in [6, 6.07) is 7.28. The average Bonchev–Trinajstić information content (AvgIpc) is 2.93. The van der Waals surface area contributed by atoms with Crippen LogP contribution in [0.1, 0.15) is 24.0 Å². The van der Waals surface area contributed by atoms with Crippen molar-refractivity contribution in [2.75, 3.05) is 6.61 Å². The average molecular weight is 288 g/mol. The highest BCUT2D eigenvalue weighted by atomic mass is 16.5. The monoisotopic (exact) mass is 288 g/mol. The van der Waals surface area contributed by atoms with Gasteiger partial charge in [-0.1, -0.05) is 36.9 Å². The largest absolute Gasteiger partial charge is 0.461 e. The fourth-order valence-electron chi connectivity index (χ4n) is 2.34. The molecule has 0 spiro atoms. The molecule has 1 amide bonds. The highest BCUT2D eigenvalue weighted by Gasteiger charge is 2.27. The van der Waals surface area contributed by atoms with Crippen molar-refractivity contribution in [1.29, 1.82) is 0 Å². The van der Waals surface area contributed by atoms with Gasteiger partial charge in [0.25, 0.3) is 0 Å². The van der Waals surface area contributed by atoms with Gasteiger partial charge in [-0.15, -0.1) is 0 Å². The Morgan fingerprint density at radius 1 is 1.33 bits per heavy atom. The quantitative estimate of drug-likeness (QED) is 0.634. The molecule has 5 heteroatoms. The van der Waals surface area contributed by atoms with Crippen LogP contribution in [-0.2, 0) is 27.4 Å². The molecule has 112 valence electrons. The van der Waals surface area contributed by atoms with Crippen LogP contribution in [0, 0.1) is 0 Å². The highest BCUT2D eigenvalue weighted by molar-refractivity contribution is 5.83. The van der Waals surface area contributed by atoms with Crippen LogP contribution < -0.4 is 5.73 Å². The number of hydrogen-bond donors (Lipinski definition) is 1. The maximum absolute atomic E-state index is 12.3. The van der Waals surface area contributed by atoms with Gasteiger partial charge in [-0.25, -0.2) is 0 Å². The first-order valence-corrected chi connectivity index (χ1v) is 6.99. The van der Waals surface area contributed by atoms with E-state index >= 15 is 0 Å². The SMILES string of the molecule is C=CCOC(=O)CCC(N)C(=O)N1Cc2ccccc2C1. The van der Waals surface area contributed by atoms with Crippen LogP contribution >= 0.6 is 0 Å². The minimum absolute atomic E-state index is 0.122. The fraction of sp³-hybridized carbons (Fsp3) is 0.375. The molecule has 5 nitrogen and oxygen atoms in total. The van der Waals surface area contributed by atoms with Gasteiger partial charge in [0.15, 0.2) is 0 Å². The number of nitrogens with two attached hydrogens (primary N) is 1. The van der Waals surface area contributed by atoms with Crippen molar-refractivity contribution in [3.8, 4) is 0 Å². The fourth-order valence-corrected chi connectivity index (χ4v) is 2.34. The number of carbonyl (C=O) groups is 2. The van der Waals surface area contributed by atoms with E-state index in [1.165, 1.54) is 6.08 Å². The number of hydrogen-bond acceptors (Lipinski definition) is 4. The molecule has 0 aromatic heterocycles. The Morgan fingerprint density at radius 3 is 2.52 bits per heavy atom. The summed E-state index contributed by atoms with van der Waals surface area (Å²) in [6.45, 7) is 4.82. The summed E-state index contributed by atoms with van der Waals surface area (Å²) in [6.07, 6.45) is 1.94. The van der Waals surface area contributed by atoms with Crippen LogP contribution in [0.5, 0.6) is 0 Å². The molecule has 2 rings (SSSR count). The predicted molar refractivity (Wildman–Crippen MR) is 79.1 cm³/mol. The van der Waals surface area contributed by atoms with E-state index in [-0.39, 0.29) is 24.9 Å². The molecule has 1 aromatic carbocycles. The first kappa shape index (κ1) is 15.3. The Balaban J connectivity index is 1.81. The van der Waals surface area contributed by atoms with Crippen molar-refractivity contribution in [3.05, 3.63) is 48.0 Å². The van der Waals surface area contributed by atoms with E-state index in [2.05, 4.69) is 6.58 Å². The van der Waals surface area contributed by atoms with Crippen LogP contribution in [0.25, 0.3) is 0 Å². The zero-order valence-electron chi connectivity index (χ0n) is 12.0. The Kier molecular flexibility index (Phi) is 5.11. The Bertz CT molecular complexity index is 517. The molecule has 1 unspecified atom stereocenters. The molecular weight excluding hydrogens is 268 g/mol. The van der Waals surface area contributed by atoms with E-state index in [1.807, 2.05) is 24.3 Å². The number of esters is 1. The highest BCUT2D eigenvalue weighted by Crippen LogP contribution is 2.22. The third kappa shape index (κ3) is 3.92. The van der Waals surface area contributed by atoms with Gasteiger partial charge < -0.3 is 15.4 Å². The van der Waals surface area contributed by atoms with E-state index in [1.54, 1.807) is 4.90 Å². The number of amides is 1. The normalized spacial score (nSPS) is 14.4. The number of nitrogens with zero attached hydrogens (tertiary/aromatic N) is 1. The van der Waals surface area contributed by atoms with Gasteiger partial charge in [-0.2, -0.15) is 0 Å². The van der Waals surface area contributed by atoms with Crippen molar-refractivity contribution in [2.45, 2.75) is 32.0 Å². The van der Waals surface area contributed by atoms with Gasteiger partial charge in [0.2, 0.25) is 5.91 Å². The molecule has 0 aliphatic carbocycles. The van der Waals surface area contributed by atoms with Crippen molar-refractivity contribution in [2.24, 2.45) is 5.73 Å². The van der Waals surface area contributed by atoms with Crippen LogP contribution in [0.4, 0.5) is 0 Å². The van der Waals surface area contributed by atoms with Crippen LogP contribution in [-0.4, -0.2) is 29.4 Å². The summed E-state index contributed by atoms with van der Waals surface area (Å²) >= 11 is 0. The van der Waals surface area contributed by atoms with Crippen LogP contribution in [0.2, 0.25) is 0 Å². The second-order valence-electron chi connectivity index (χ2n) is 5.08. The molecule has 1 heterocycles. The zero-order chi connectivity index (χ0) is 15.2. The molecule has 21 heavy (non-hydrogen) atoms. The summed E-state index contributed by atoms with van der Waals surface area (Å²) in [4.78, 5) is 25.4. The minimum Gasteiger partial charge on any atom is -0.461 e. The molecule has 1 aliphatic rings. The van der Waals surface area contributed by atoms with Crippen molar-refractivity contribution < 1.29 is 14.3 Å². The lowest BCUT2D eigenvalue weighted by molar-refractivity contribution is -0.142. The first-order valence-electron chi connectivity index (χ1n) is 6.99. The smallest absolute Gasteiger partial charge is 0.306 e. The number of carbonyl (C=O) groups excluding carboxylic acids is 2. The third-order valence-corrected chi connectivity index (χ3v) is 3.49. The van der Waals surface area contributed by atoms with Gasteiger partial charge in [-0.05, 0) is 17.5 Å². The Morgan fingerprint density at radius 2 is 1.95 bits per heavy atom. The molecular formula is C16H20N2O3. The van der Waals surface area contributed by atoms with Gasteiger partial charge in [0.1, 0.15) is 6.61 Å². The van der Waals surface area contributed by atoms with E-state index in [4.69, 9.17) is 10.5 Å². The number of benzene rings is 1. The van der Waals surface area contributed by atoms with Crippen LogP contribution in [0.3, 0.4) is 0 Å². The lowest BCUT2D eigenvalue weighted by atomic mass is 10.1. The standard InChI is InChI=1S/C16H20N2O3/c1-2-9-21-15(19)8-7-14(17)16(20)18-10-12-5-3-4-6-13(12)11-18/h2-6,14H,1,7-11,17H2. The van der Waals surface area contributed by atoms with Crippen molar-refractivity contribution in [1.82, 2.24) is 4.90 Å². The molecule has 1 atom stereocenters. The Labute approximate surface area is 124 Å². The predicted octanol–water partition coefficient (Wildman–Crippen LogP) is 1.37. The van der Waals surface area contributed by atoms with E-state index in [0.29, 0.717) is 19.5 Å². The summed E-state index contributed by atoms with van der Waals surface area (Å²) in [7, 11) is 0. The molecule has 0 bridgehead atoms. The summed E-state index contributed by atoms with van der Waals surface area (Å²) in [5, 5.41) is 0. The van der Waals surface area contributed by atoms with Gasteiger partial charge in [0, 0.05) is 19.5 Å². The molecule has 0 fully saturated rings. The van der Waals surface area contributed by atoms with Crippen molar-refractivity contribution in [3.63, 3.8) is 0 Å². The molecule has 0 saturated carbocycles. The Hall–Kier alpha value is -2.14. The third-order valence-electron chi connectivity index (χ3n) is 3.49. The number of rotatable bonds is 6. The maximum atomic E-state index is 12.3. The number of ether oxygens (including phenoxy) is 1. The topological polar surface area (TPSA) is 72.6 Å². The summed E-state index contributed by atoms with van der Waals surface area (Å²) < 4.78 is 4.86. The molecule has 1 aliphatic heterocycles. The number of fused-ring (bicyclic) bond motifs is 1. The van der Waals surface area contributed by atoms with Gasteiger partial charge in [0.05, 0.1) is 6.04 Å². The lowest BCUT2D eigenvalue weighted by Crippen LogP contribution is -2.41.